The van der Waals surface area contributed by atoms with Crippen molar-refractivity contribution in [2.24, 2.45) is 0 Å². The van der Waals surface area contributed by atoms with Crippen LogP contribution in [0.5, 0.6) is 5.75 Å². The number of nitrogens with zero attached hydrogens (tertiary/aromatic N) is 2. The zero-order valence-electron chi connectivity index (χ0n) is 17.1. The summed E-state index contributed by atoms with van der Waals surface area (Å²) in [5, 5.41) is 21.9. The van der Waals surface area contributed by atoms with Crippen LogP contribution in [0, 0.1) is 17.0 Å². The number of hydrogen-bond acceptors (Lipinski definition) is 7. The fourth-order valence-electron chi connectivity index (χ4n) is 3.63. The van der Waals surface area contributed by atoms with Crippen LogP contribution >= 0.6 is 0 Å². The molecule has 162 valence electrons. The average molecular weight is 434 g/mol. The van der Waals surface area contributed by atoms with Gasteiger partial charge >= 0.3 is 0 Å². The molecule has 0 saturated carbocycles. The van der Waals surface area contributed by atoms with Gasteiger partial charge in [-0.25, -0.2) is 0 Å². The highest BCUT2D eigenvalue weighted by molar-refractivity contribution is 6.51. The highest BCUT2D eigenvalue weighted by atomic mass is 16.6. The number of furan rings is 1. The Bertz CT molecular complexity index is 1260. The summed E-state index contributed by atoms with van der Waals surface area (Å²) >= 11 is 0. The van der Waals surface area contributed by atoms with Gasteiger partial charge in [-0.3, -0.25) is 24.6 Å². The number of anilines is 1. The van der Waals surface area contributed by atoms with Crippen molar-refractivity contribution in [3.05, 3.63) is 93.4 Å². The standard InChI is InChI=1S/C23H18N2O7/c1-13-6-11-18(32-13)20-19(21(26)14-7-9-15(10-8-14)25(29)30)22(27)23(28)24(20)16-4-3-5-17(12-16)31-2/h3-12,20,26H,1-2H3/b21-19-. The quantitative estimate of drug-likeness (QED) is 0.210. The molecule has 2 aromatic carbocycles. The number of aryl methyl sites for hydroxylation is 1. The van der Waals surface area contributed by atoms with Gasteiger partial charge in [-0.15, -0.1) is 0 Å². The van der Waals surface area contributed by atoms with E-state index >= 15 is 0 Å². The second kappa shape index (κ2) is 8.03. The maximum Gasteiger partial charge on any atom is 0.300 e. The lowest BCUT2D eigenvalue weighted by Crippen LogP contribution is -2.29. The Morgan fingerprint density at radius 1 is 1.12 bits per heavy atom. The van der Waals surface area contributed by atoms with Crippen LogP contribution in [0.1, 0.15) is 23.1 Å². The van der Waals surface area contributed by atoms with Crippen LogP contribution in [0.15, 0.2) is 70.7 Å². The first-order valence-corrected chi connectivity index (χ1v) is 9.58. The maximum absolute atomic E-state index is 13.0. The van der Waals surface area contributed by atoms with E-state index in [9.17, 15) is 24.8 Å². The lowest BCUT2D eigenvalue weighted by Gasteiger charge is -2.23. The van der Waals surface area contributed by atoms with Gasteiger partial charge in [0.1, 0.15) is 29.1 Å². The molecule has 1 unspecified atom stereocenters. The molecule has 0 bridgehead atoms. The van der Waals surface area contributed by atoms with Crippen LogP contribution in [0.25, 0.3) is 5.76 Å². The number of carbonyl (C=O) groups excluding carboxylic acids is 2. The van der Waals surface area contributed by atoms with Gasteiger partial charge in [0, 0.05) is 29.4 Å². The summed E-state index contributed by atoms with van der Waals surface area (Å²) in [5.41, 5.74) is 0.193. The lowest BCUT2D eigenvalue weighted by atomic mass is 9.99. The zero-order chi connectivity index (χ0) is 23.0. The smallest absolute Gasteiger partial charge is 0.300 e. The van der Waals surface area contributed by atoms with E-state index in [1.807, 2.05) is 0 Å². The van der Waals surface area contributed by atoms with Crippen molar-refractivity contribution >= 4 is 28.8 Å². The Morgan fingerprint density at radius 3 is 2.44 bits per heavy atom. The third-order valence-electron chi connectivity index (χ3n) is 5.16. The van der Waals surface area contributed by atoms with Crippen molar-refractivity contribution in [1.29, 1.82) is 0 Å². The van der Waals surface area contributed by atoms with Crippen LogP contribution in [0.4, 0.5) is 11.4 Å². The van der Waals surface area contributed by atoms with Crippen LogP contribution in [0.3, 0.4) is 0 Å². The molecule has 0 aliphatic carbocycles. The summed E-state index contributed by atoms with van der Waals surface area (Å²) in [4.78, 5) is 37.7. The van der Waals surface area contributed by atoms with E-state index in [2.05, 4.69) is 0 Å². The predicted molar refractivity (Wildman–Crippen MR) is 114 cm³/mol. The number of nitro groups is 1. The molecule has 1 aliphatic heterocycles. The van der Waals surface area contributed by atoms with Gasteiger partial charge in [-0.1, -0.05) is 6.07 Å². The van der Waals surface area contributed by atoms with Crippen molar-refractivity contribution in [1.82, 2.24) is 0 Å². The molecule has 0 spiro atoms. The van der Waals surface area contributed by atoms with E-state index in [1.54, 1.807) is 43.3 Å². The second-order valence-electron chi connectivity index (χ2n) is 7.12. The fraction of sp³-hybridized carbons (Fsp3) is 0.130. The molecule has 1 aliphatic rings. The monoisotopic (exact) mass is 434 g/mol. The minimum atomic E-state index is -1.04. The van der Waals surface area contributed by atoms with Crippen LogP contribution in [-0.2, 0) is 9.59 Å². The Labute approximate surface area is 182 Å². The molecule has 0 radical (unpaired) electrons. The van der Waals surface area contributed by atoms with E-state index in [0.29, 0.717) is 17.2 Å². The Morgan fingerprint density at radius 2 is 1.84 bits per heavy atom. The molecular weight excluding hydrogens is 416 g/mol. The molecule has 1 atom stereocenters. The molecule has 2 heterocycles. The first kappa shape index (κ1) is 20.9. The second-order valence-corrected chi connectivity index (χ2v) is 7.12. The van der Waals surface area contributed by atoms with E-state index in [0.717, 1.165) is 0 Å². The molecular formula is C23H18N2O7. The van der Waals surface area contributed by atoms with Crippen LogP contribution in [-0.4, -0.2) is 28.8 Å². The third-order valence-corrected chi connectivity index (χ3v) is 5.16. The van der Waals surface area contributed by atoms with Crippen molar-refractivity contribution in [2.45, 2.75) is 13.0 Å². The van der Waals surface area contributed by atoms with Crippen molar-refractivity contribution in [2.75, 3.05) is 12.0 Å². The Balaban J connectivity index is 1.90. The predicted octanol–water partition coefficient (Wildman–Crippen LogP) is 4.13. The van der Waals surface area contributed by atoms with Gasteiger partial charge in [0.25, 0.3) is 17.4 Å². The number of aliphatic hydroxyl groups excluding tert-OH is 1. The number of rotatable bonds is 5. The maximum atomic E-state index is 13.0. The summed E-state index contributed by atoms with van der Waals surface area (Å²) < 4.78 is 11.0. The first-order chi connectivity index (χ1) is 15.3. The minimum absolute atomic E-state index is 0.160. The fourth-order valence-corrected chi connectivity index (χ4v) is 3.63. The average Bonchev–Trinajstić information content (AvgIpc) is 3.34. The SMILES string of the molecule is COc1cccc(N2C(=O)C(=O)/C(=C(\O)c3ccc([N+](=O)[O-])cc3)C2c2ccc(C)o2)c1. The zero-order valence-corrected chi connectivity index (χ0v) is 17.1. The lowest BCUT2D eigenvalue weighted by molar-refractivity contribution is -0.384. The number of nitro benzene ring substituents is 1. The summed E-state index contributed by atoms with van der Waals surface area (Å²) in [7, 11) is 1.48. The highest BCUT2D eigenvalue weighted by Crippen LogP contribution is 2.43. The molecule has 1 fully saturated rings. The highest BCUT2D eigenvalue weighted by Gasteiger charge is 2.48. The van der Waals surface area contributed by atoms with Gasteiger partial charge in [-0.05, 0) is 43.3 Å². The summed E-state index contributed by atoms with van der Waals surface area (Å²) in [6, 6.07) is 13.9. The van der Waals surface area contributed by atoms with Gasteiger partial charge in [-0.2, -0.15) is 0 Å². The van der Waals surface area contributed by atoms with Crippen molar-refractivity contribution in [3.63, 3.8) is 0 Å². The number of amides is 1. The molecule has 32 heavy (non-hydrogen) atoms. The van der Waals surface area contributed by atoms with E-state index < -0.39 is 28.4 Å². The van der Waals surface area contributed by atoms with Gasteiger partial charge in [0.05, 0.1) is 17.6 Å². The number of benzene rings is 2. The number of ether oxygens (including phenoxy) is 1. The normalized spacial score (nSPS) is 17.6. The van der Waals surface area contributed by atoms with Crippen molar-refractivity contribution in [3.8, 4) is 5.75 Å². The van der Waals surface area contributed by atoms with E-state index in [4.69, 9.17) is 9.15 Å². The topological polar surface area (TPSA) is 123 Å². The summed E-state index contributed by atoms with van der Waals surface area (Å²) in [6.45, 7) is 1.72. The molecule has 9 heteroatoms. The first-order valence-electron chi connectivity index (χ1n) is 9.58. The number of methoxy groups -OCH3 is 1. The van der Waals surface area contributed by atoms with Gasteiger partial charge in [0.2, 0.25) is 0 Å². The molecule has 3 aromatic rings. The summed E-state index contributed by atoms with van der Waals surface area (Å²) in [5.74, 6) is -0.875. The third kappa shape index (κ3) is 3.49. The van der Waals surface area contributed by atoms with Gasteiger partial charge < -0.3 is 14.3 Å². The Hall–Kier alpha value is -4.40. The number of aliphatic hydroxyl groups is 1. The minimum Gasteiger partial charge on any atom is -0.507 e. The number of Topliss-reactive ketones (excluding diaryl/α,β-unsaturated/α-hetero) is 1. The number of carbonyl (C=O) groups is 2. The summed E-state index contributed by atoms with van der Waals surface area (Å²) in [6.07, 6.45) is 0. The van der Waals surface area contributed by atoms with Crippen LogP contribution < -0.4 is 9.64 Å². The number of hydrogen-bond donors (Lipinski definition) is 1. The van der Waals surface area contributed by atoms with Crippen molar-refractivity contribution < 1.29 is 28.8 Å². The molecule has 4 rings (SSSR count). The number of ketones is 1. The Kier molecular flexibility index (Phi) is 5.23. The molecule has 9 nitrogen and oxygen atoms in total. The van der Waals surface area contributed by atoms with E-state index in [-0.39, 0.29) is 22.6 Å². The molecule has 1 amide bonds. The number of non-ortho nitro benzene ring substituents is 1. The van der Waals surface area contributed by atoms with E-state index in [1.165, 1.54) is 36.3 Å². The largest absolute Gasteiger partial charge is 0.507 e. The molecule has 1 aromatic heterocycles. The van der Waals surface area contributed by atoms with Crippen LogP contribution in [0.2, 0.25) is 0 Å². The molecule has 1 saturated heterocycles. The van der Waals surface area contributed by atoms with Gasteiger partial charge in [0.15, 0.2) is 0 Å². The molecule has 1 N–H and O–H groups in total.